The van der Waals surface area contributed by atoms with Crippen LogP contribution in [0.4, 0.5) is 32.0 Å². The molecule has 0 aliphatic heterocycles. The highest BCUT2D eigenvalue weighted by Crippen LogP contribution is 2.31. The Bertz CT molecular complexity index is 1390. The number of halogens is 6. The molecule has 0 aliphatic rings. The number of carbonyl (C=O) groups excluding carboxylic acids is 1. The molecule has 2 heterocycles. The van der Waals surface area contributed by atoms with E-state index in [0.29, 0.717) is 11.8 Å². The largest absolute Gasteiger partial charge is 0.423 e. The molecule has 2 aromatic heterocycles. The molecule has 0 fully saturated rings. The molecule has 0 atom stereocenters. The topological polar surface area (TPSA) is 125 Å². The van der Waals surface area contributed by atoms with E-state index in [4.69, 9.17) is 10.8 Å². The first-order valence-electron chi connectivity index (χ1n) is 12.3. The van der Waals surface area contributed by atoms with E-state index in [0.717, 1.165) is 50.3 Å². The summed E-state index contributed by atoms with van der Waals surface area (Å²) in [6.45, 7) is 1.64. The molecule has 41 heavy (non-hydrogen) atoms. The van der Waals surface area contributed by atoms with Gasteiger partial charge in [0.1, 0.15) is 18.0 Å². The number of hydrogen-bond acceptors (Lipinski definition) is 7. The fourth-order valence-corrected chi connectivity index (χ4v) is 3.51. The molecular formula is C27H29F6N5O3. The summed E-state index contributed by atoms with van der Waals surface area (Å²) in [5, 5.41) is 13.5. The lowest BCUT2D eigenvalue weighted by atomic mass is 10.0. The minimum atomic E-state index is -4.74. The standard InChI is InChI=1S/C22H25F3N2O2.C5H4F3N3O/c1-3-4-5-9-27(2)10-8-16-11-19(20(23)12-17(16)14-28)21-7-6-18(13-26-21)22(24,25)15-29;6-5(7,8)3-2(9)1-10-11-4(3)12/h6-8,10-14,29H,3-5,9,15H2,1-2H3;1H,(H3,9,11,12)/b10-8-;. The number of benzene rings is 1. The number of pyridine rings is 1. The summed E-state index contributed by atoms with van der Waals surface area (Å²) in [7, 11) is 1.92. The molecule has 0 spiro atoms. The molecule has 14 heteroatoms. The zero-order valence-electron chi connectivity index (χ0n) is 22.2. The molecule has 0 saturated heterocycles. The van der Waals surface area contributed by atoms with E-state index in [9.17, 15) is 35.9 Å². The number of nitrogens with one attached hydrogen (secondary N) is 1. The van der Waals surface area contributed by atoms with Gasteiger partial charge in [-0.3, -0.25) is 14.6 Å². The van der Waals surface area contributed by atoms with Crippen molar-refractivity contribution in [2.24, 2.45) is 0 Å². The van der Waals surface area contributed by atoms with Crippen molar-refractivity contribution in [1.82, 2.24) is 20.1 Å². The predicted octanol–water partition coefficient (Wildman–Crippen LogP) is 5.25. The van der Waals surface area contributed by atoms with Crippen LogP contribution in [-0.4, -0.2) is 51.7 Å². The van der Waals surface area contributed by atoms with E-state index in [1.807, 2.05) is 18.1 Å². The molecule has 4 N–H and O–H groups in total. The second-order valence-corrected chi connectivity index (χ2v) is 8.90. The number of aldehydes is 1. The summed E-state index contributed by atoms with van der Waals surface area (Å²) in [4.78, 5) is 27.8. The number of aliphatic hydroxyl groups is 1. The molecule has 3 aromatic rings. The van der Waals surface area contributed by atoms with E-state index in [2.05, 4.69) is 17.0 Å². The van der Waals surface area contributed by atoms with Crippen LogP contribution in [0.3, 0.4) is 0 Å². The Balaban J connectivity index is 0.000000408. The van der Waals surface area contributed by atoms with E-state index in [1.165, 1.54) is 12.1 Å². The highest BCUT2D eigenvalue weighted by atomic mass is 19.4. The lowest BCUT2D eigenvalue weighted by molar-refractivity contribution is -0.138. The van der Waals surface area contributed by atoms with Gasteiger partial charge in [-0.25, -0.2) is 9.49 Å². The number of H-pyrrole nitrogens is 1. The summed E-state index contributed by atoms with van der Waals surface area (Å²) in [5.74, 6) is -4.09. The molecule has 222 valence electrons. The third kappa shape index (κ3) is 9.17. The van der Waals surface area contributed by atoms with Crippen LogP contribution in [0.25, 0.3) is 17.3 Å². The monoisotopic (exact) mass is 585 g/mol. The molecule has 0 bridgehead atoms. The number of alkyl halides is 5. The third-order valence-electron chi connectivity index (χ3n) is 5.75. The number of unbranched alkanes of at least 4 members (excludes halogenated alkanes) is 2. The van der Waals surface area contributed by atoms with Crippen molar-refractivity contribution in [3.05, 3.63) is 81.3 Å². The first kappa shape index (κ1) is 33.0. The van der Waals surface area contributed by atoms with Crippen molar-refractivity contribution >= 4 is 18.0 Å². The van der Waals surface area contributed by atoms with Gasteiger partial charge in [0.05, 0.1) is 17.6 Å². The Morgan fingerprint density at radius 1 is 1.10 bits per heavy atom. The molecule has 0 saturated carbocycles. The molecular weight excluding hydrogens is 556 g/mol. The summed E-state index contributed by atoms with van der Waals surface area (Å²) >= 11 is 0. The number of hydrogen-bond donors (Lipinski definition) is 3. The van der Waals surface area contributed by atoms with Crippen LogP contribution in [0.2, 0.25) is 0 Å². The molecule has 0 radical (unpaired) electrons. The summed E-state index contributed by atoms with van der Waals surface area (Å²) in [6.07, 6.45) is 4.30. The summed E-state index contributed by atoms with van der Waals surface area (Å²) in [5.41, 5.74) is 1.99. The van der Waals surface area contributed by atoms with Gasteiger partial charge >= 0.3 is 6.18 Å². The Morgan fingerprint density at radius 3 is 2.32 bits per heavy atom. The number of rotatable bonds is 10. The number of aromatic nitrogens is 3. The fraction of sp³-hybridized carbons (Fsp3) is 0.333. The van der Waals surface area contributed by atoms with Crippen molar-refractivity contribution < 1.29 is 36.2 Å². The number of anilines is 1. The Hall–Kier alpha value is -4.20. The molecule has 0 amide bonds. The molecule has 0 unspecified atom stereocenters. The van der Waals surface area contributed by atoms with Crippen molar-refractivity contribution in [3.63, 3.8) is 0 Å². The lowest BCUT2D eigenvalue weighted by Crippen LogP contribution is -2.24. The molecule has 8 nitrogen and oxygen atoms in total. The fourth-order valence-electron chi connectivity index (χ4n) is 3.51. The smallest absolute Gasteiger partial charge is 0.397 e. The van der Waals surface area contributed by atoms with Crippen LogP contribution in [0.15, 0.2) is 47.7 Å². The lowest BCUT2D eigenvalue weighted by Gasteiger charge is -2.14. The molecule has 0 aliphatic carbocycles. The van der Waals surface area contributed by atoms with Gasteiger partial charge in [0.25, 0.3) is 11.5 Å². The van der Waals surface area contributed by atoms with Crippen molar-refractivity contribution in [1.29, 1.82) is 0 Å². The van der Waals surface area contributed by atoms with Gasteiger partial charge in [-0.05, 0) is 48.5 Å². The average molecular weight is 586 g/mol. The van der Waals surface area contributed by atoms with Crippen LogP contribution in [-0.2, 0) is 12.1 Å². The maximum Gasteiger partial charge on any atom is 0.423 e. The second kappa shape index (κ2) is 14.4. The van der Waals surface area contributed by atoms with E-state index in [-0.39, 0.29) is 16.8 Å². The average Bonchev–Trinajstić information content (AvgIpc) is 2.92. The van der Waals surface area contributed by atoms with Gasteiger partial charge in [0.15, 0.2) is 6.29 Å². The predicted molar refractivity (Wildman–Crippen MR) is 141 cm³/mol. The first-order valence-corrected chi connectivity index (χ1v) is 12.3. The van der Waals surface area contributed by atoms with Crippen molar-refractivity contribution in [2.75, 3.05) is 25.9 Å². The summed E-state index contributed by atoms with van der Waals surface area (Å²) in [6, 6.07) is 4.95. The number of carbonyl (C=O) groups is 1. The normalized spacial score (nSPS) is 11.7. The Kier molecular flexibility index (Phi) is 11.6. The van der Waals surface area contributed by atoms with Crippen LogP contribution in [0.1, 0.15) is 53.2 Å². The van der Waals surface area contributed by atoms with Gasteiger partial charge in [0.2, 0.25) is 0 Å². The van der Waals surface area contributed by atoms with Crippen molar-refractivity contribution in [3.8, 4) is 11.3 Å². The van der Waals surface area contributed by atoms with Gasteiger partial charge in [-0.15, -0.1) is 0 Å². The summed E-state index contributed by atoms with van der Waals surface area (Å²) < 4.78 is 77.5. The Labute approximate surface area is 231 Å². The van der Waals surface area contributed by atoms with Crippen LogP contribution in [0.5, 0.6) is 0 Å². The second-order valence-electron chi connectivity index (χ2n) is 8.90. The minimum absolute atomic E-state index is 0.0998. The zero-order chi connectivity index (χ0) is 30.8. The van der Waals surface area contributed by atoms with Gasteiger partial charge in [-0.1, -0.05) is 19.8 Å². The maximum absolute atomic E-state index is 14.5. The van der Waals surface area contributed by atoms with E-state index >= 15 is 0 Å². The number of nitrogens with zero attached hydrogens (tertiary/aromatic N) is 3. The number of aliphatic hydroxyl groups excluding tert-OH is 1. The van der Waals surface area contributed by atoms with Gasteiger partial charge in [-0.2, -0.15) is 27.1 Å². The van der Waals surface area contributed by atoms with Gasteiger partial charge < -0.3 is 15.7 Å². The first-order chi connectivity index (χ1) is 19.2. The number of nitrogen functional groups attached to an aromatic ring is 1. The van der Waals surface area contributed by atoms with E-state index < -0.39 is 46.9 Å². The quantitative estimate of drug-likeness (QED) is 0.169. The highest BCUT2D eigenvalue weighted by molar-refractivity contribution is 5.84. The minimum Gasteiger partial charge on any atom is -0.397 e. The number of aromatic amines is 1. The Morgan fingerprint density at radius 2 is 1.80 bits per heavy atom. The van der Waals surface area contributed by atoms with Crippen LogP contribution >= 0.6 is 0 Å². The van der Waals surface area contributed by atoms with E-state index in [1.54, 1.807) is 11.2 Å². The highest BCUT2D eigenvalue weighted by Gasteiger charge is 2.36. The zero-order valence-corrected chi connectivity index (χ0v) is 22.2. The van der Waals surface area contributed by atoms with Gasteiger partial charge in [0, 0.05) is 36.5 Å². The number of nitrogens with two attached hydrogens (primary N) is 1. The van der Waals surface area contributed by atoms with Crippen LogP contribution < -0.4 is 11.3 Å². The van der Waals surface area contributed by atoms with Crippen LogP contribution in [0, 0.1) is 5.82 Å². The SMILES string of the molecule is CCCCCN(C)/C=C\c1cc(-c2ccc(C(F)(F)CO)cn2)c(F)cc1C=O.Nc1cn[nH]c(=O)c1C(F)(F)F. The maximum atomic E-state index is 14.5. The van der Waals surface area contributed by atoms with Crippen molar-refractivity contribution in [2.45, 2.75) is 38.3 Å². The molecule has 3 rings (SSSR count). The third-order valence-corrected chi connectivity index (χ3v) is 5.75. The molecule has 1 aromatic carbocycles.